The Labute approximate surface area is 180 Å². The summed E-state index contributed by atoms with van der Waals surface area (Å²) in [6, 6.07) is 7.63. The third-order valence-corrected chi connectivity index (χ3v) is 6.49. The number of thiazole rings is 1. The molecule has 1 aromatic carbocycles. The van der Waals surface area contributed by atoms with Crippen molar-refractivity contribution in [3.05, 3.63) is 29.6 Å². The Bertz CT molecular complexity index is 828. The summed E-state index contributed by atoms with van der Waals surface area (Å²) >= 11 is 2.74. The van der Waals surface area contributed by atoms with E-state index in [2.05, 4.69) is 24.1 Å². The van der Waals surface area contributed by atoms with E-state index in [4.69, 9.17) is 4.74 Å². The highest BCUT2D eigenvalue weighted by molar-refractivity contribution is 8.00. The van der Waals surface area contributed by atoms with E-state index in [0.717, 1.165) is 30.1 Å². The maximum atomic E-state index is 12.4. The van der Waals surface area contributed by atoms with Crippen LogP contribution in [0, 0.1) is 11.8 Å². The summed E-state index contributed by atoms with van der Waals surface area (Å²) in [5.41, 5.74) is 1.77. The van der Waals surface area contributed by atoms with Crippen LogP contribution in [0.3, 0.4) is 0 Å². The van der Waals surface area contributed by atoms with E-state index >= 15 is 0 Å². The van der Waals surface area contributed by atoms with E-state index in [0.29, 0.717) is 22.7 Å². The van der Waals surface area contributed by atoms with Crippen molar-refractivity contribution in [2.45, 2.75) is 20.3 Å². The first-order valence-electron chi connectivity index (χ1n) is 9.70. The van der Waals surface area contributed by atoms with E-state index in [1.807, 2.05) is 34.5 Å². The summed E-state index contributed by atoms with van der Waals surface area (Å²) in [7, 11) is 1.63. The maximum Gasteiger partial charge on any atom is 0.236 e. The zero-order valence-corrected chi connectivity index (χ0v) is 18.6. The third-order valence-electron chi connectivity index (χ3n) is 4.82. The smallest absolute Gasteiger partial charge is 0.236 e. The first-order valence-corrected chi connectivity index (χ1v) is 11.7. The molecule has 156 valence electrons. The molecule has 3 rings (SSSR count). The van der Waals surface area contributed by atoms with Gasteiger partial charge in [0, 0.05) is 24.0 Å². The van der Waals surface area contributed by atoms with Crippen molar-refractivity contribution in [1.29, 1.82) is 0 Å². The number of anilines is 1. The molecule has 0 saturated carbocycles. The van der Waals surface area contributed by atoms with Gasteiger partial charge in [-0.3, -0.25) is 9.59 Å². The van der Waals surface area contributed by atoms with Gasteiger partial charge in [-0.15, -0.1) is 23.1 Å². The number of nitrogens with one attached hydrogen (secondary N) is 1. The Morgan fingerprint density at radius 3 is 2.55 bits per heavy atom. The number of rotatable bonds is 7. The molecule has 1 aliphatic rings. The Hall–Kier alpha value is -2.06. The van der Waals surface area contributed by atoms with E-state index in [1.54, 1.807) is 7.11 Å². The number of aromatic nitrogens is 1. The first kappa shape index (κ1) is 21.6. The number of ether oxygens (including phenoxy) is 1. The summed E-state index contributed by atoms with van der Waals surface area (Å²) < 4.78 is 5.16. The zero-order chi connectivity index (χ0) is 20.8. The van der Waals surface area contributed by atoms with Crippen LogP contribution in [0.25, 0.3) is 11.3 Å². The van der Waals surface area contributed by atoms with E-state index in [1.165, 1.54) is 29.5 Å². The van der Waals surface area contributed by atoms with Gasteiger partial charge in [0.25, 0.3) is 0 Å². The van der Waals surface area contributed by atoms with Gasteiger partial charge in [0.2, 0.25) is 11.8 Å². The fraction of sp³-hybridized carbons (Fsp3) is 0.476. The molecule has 0 bridgehead atoms. The number of hydrogen-bond donors (Lipinski definition) is 1. The van der Waals surface area contributed by atoms with Gasteiger partial charge in [-0.25, -0.2) is 4.98 Å². The van der Waals surface area contributed by atoms with Crippen LogP contribution in [0.1, 0.15) is 20.3 Å². The van der Waals surface area contributed by atoms with Crippen LogP contribution in [0.2, 0.25) is 0 Å². The van der Waals surface area contributed by atoms with Gasteiger partial charge < -0.3 is 15.0 Å². The molecule has 0 aliphatic carbocycles. The minimum atomic E-state index is -0.140. The van der Waals surface area contributed by atoms with Gasteiger partial charge in [0.15, 0.2) is 5.13 Å². The fourth-order valence-electron chi connectivity index (χ4n) is 3.57. The molecule has 6 nitrogen and oxygen atoms in total. The van der Waals surface area contributed by atoms with E-state index in [-0.39, 0.29) is 17.6 Å². The number of methoxy groups -OCH3 is 1. The third kappa shape index (κ3) is 6.21. The highest BCUT2D eigenvalue weighted by atomic mass is 32.2. The van der Waals surface area contributed by atoms with Crippen LogP contribution in [-0.2, 0) is 9.59 Å². The van der Waals surface area contributed by atoms with Gasteiger partial charge in [-0.1, -0.05) is 13.8 Å². The van der Waals surface area contributed by atoms with Crippen molar-refractivity contribution in [2.75, 3.05) is 37.0 Å². The number of hydrogen-bond acceptors (Lipinski definition) is 6. The molecule has 2 heterocycles. The van der Waals surface area contributed by atoms with Crippen molar-refractivity contribution >= 4 is 40.0 Å². The van der Waals surface area contributed by atoms with Crippen LogP contribution in [0.4, 0.5) is 5.13 Å². The quantitative estimate of drug-likeness (QED) is 0.715. The molecule has 2 aromatic rings. The lowest BCUT2D eigenvalue weighted by atomic mass is 9.92. The second-order valence-corrected chi connectivity index (χ2v) is 9.40. The number of piperidine rings is 1. The molecule has 1 N–H and O–H groups in total. The minimum Gasteiger partial charge on any atom is -0.497 e. The highest BCUT2D eigenvalue weighted by Gasteiger charge is 2.25. The number of amides is 2. The lowest BCUT2D eigenvalue weighted by Crippen LogP contribution is -2.43. The Kier molecular flexibility index (Phi) is 7.55. The molecule has 1 fully saturated rings. The second kappa shape index (κ2) is 10.1. The predicted molar refractivity (Wildman–Crippen MR) is 120 cm³/mol. The monoisotopic (exact) mass is 433 g/mol. The predicted octanol–water partition coefficient (Wildman–Crippen LogP) is 3.99. The van der Waals surface area contributed by atoms with Gasteiger partial charge in [-0.2, -0.15) is 0 Å². The summed E-state index contributed by atoms with van der Waals surface area (Å²) in [6.45, 7) is 6.02. The number of likely N-dealkylation sites (tertiary alicyclic amines) is 1. The molecule has 1 saturated heterocycles. The molecule has 29 heavy (non-hydrogen) atoms. The summed E-state index contributed by atoms with van der Waals surface area (Å²) in [4.78, 5) is 31.0. The molecule has 1 aliphatic heterocycles. The molecule has 1 aromatic heterocycles. The average Bonchev–Trinajstić information content (AvgIpc) is 3.15. The largest absolute Gasteiger partial charge is 0.497 e. The highest BCUT2D eigenvalue weighted by Crippen LogP contribution is 2.26. The van der Waals surface area contributed by atoms with Crippen LogP contribution >= 0.6 is 23.1 Å². The van der Waals surface area contributed by atoms with Crippen molar-refractivity contribution in [2.24, 2.45) is 11.8 Å². The van der Waals surface area contributed by atoms with Crippen LogP contribution in [0.5, 0.6) is 5.75 Å². The first-order chi connectivity index (χ1) is 13.9. The van der Waals surface area contributed by atoms with Crippen molar-refractivity contribution in [1.82, 2.24) is 9.88 Å². The minimum absolute atomic E-state index is 0.122. The van der Waals surface area contributed by atoms with E-state index in [9.17, 15) is 9.59 Å². The Morgan fingerprint density at radius 2 is 1.90 bits per heavy atom. The normalized spacial score (nSPS) is 19.1. The summed E-state index contributed by atoms with van der Waals surface area (Å²) in [6.07, 6.45) is 1.17. The number of carbonyl (C=O) groups excluding carboxylic acids is 2. The van der Waals surface area contributed by atoms with Crippen molar-refractivity contribution < 1.29 is 14.3 Å². The molecule has 0 radical (unpaired) electrons. The van der Waals surface area contributed by atoms with E-state index < -0.39 is 0 Å². The van der Waals surface area contributed by atoms with Gasteiger partial charge >= 0.3 is 0 Å². The number of nitrogens with zero attached hydrogens (tertiary/aromatic N) is 2. The number of benzene rings is 1. The molecule has 0 spiro atoms. The molecular formula is C21H27N3O3S2. The van der Waals surface area contributed by atoms with Crippen molar-refractivity contribution in [3.63, 3.8) is 0 Å². The molecule has 2 amide bonds. The molecule has 2 unspecified atom stereocenters. The lowest BCUT2D eigenvalue weighted by molar-refractivity contribution is -0.130. The average molecular weight is 434 g/mol. The van der Waals surface area contributed by atoms with Crippen molar-refractivity contribution in [3.8, 4) is 17.0 Å². The molecule has 2 atom stereocenters. The van der Waals surface area contributed by atoms with Crippen LogP contribution in [0.15, 0.2) is 29.6 Å². The second-order valence-electron chi connectivity index (χ2n) is 7.55. The zero-order valence-electron chi connectivity index (χ0n) is 17.0. The molecular weight excluding hydrogens is 406 g/mol. The van der Waals surface area contributed by atoms with Crippen LogP contribution < -0.4 is 10.1 Å². The lowest BCUT2D eigenvalue weighted by Gasteiger charge is -2.35. The standard InChI is InChI=1S/C21H27N3O3S2/c1-14-8-15(2)10-24(9-14)20(26)13-28-12-19(25)23-21-22-18(11-29-21)16-4-6-17(27-3)7-5-16/h4-7,11,14-15H,8-10,12-13H2,1-3H3,(H,22,23,25). The Morgan fingerprint density at radius 1 is 1.21 bits per heavy atom. The fourth-order valence-corrected chi connectivity index (χ4v) is 5.02. The van der Waals surface area contributed by atoms with Crippen LogP contribution in [-0.4, -0.2) is 53.4 Å². The topological polar surface area (TPSA) is 71.5 Å². The number of thioether (sulfide) groups is 1. The summed E-state index contributed by atoms with van der Waals surface area (Å²) in [5.74, 6) is 2.43. The van der Waals surface area contributed by atoms with Gasteiger partial charge in [-0.05, 0) is 42.5 Å². The van der Waals surface area contributed by atoms with Gasteiger partial charge in [0.05, 0.1) is 24.3 Å². The van der Waals surface area contributed by atoms with Gasteiger partial charge in [0.1, 0.15) is 5.75 Å². The number of carbonyl (C=O) groups is 2. The maximum absolute atomic E-state index is 12.4. The summed E-state index contributed by atoms with van der Waals surface area (Å²) in [5, 5.41) is 5.29. The Balaban J connectivity index is 1.44. The SMILES string of the molecule is COc1ccc(-c2csc(NC(=O)CSCC(=O)N3CC(C)CC(C)C3)n2)cc1. The molecule has 8 heteroatoms.